The molecule has 0 spiro atoms. The van der Waals surface area contributed by atoms with Gasteiger partial charge in [0.05, 0.1) is 11.6 Å². The number of halogens is 2. The van der Waals surface area contributed by atoms with E-state index in [1.165, 1.54) is 35.0 Å². The van der Waals surface area contributed by atoms with E-state index in [1.54, 1.807) is 12.1 Å². The quantitative estimate of drug-likeness (QED) is 0.660. The van der Waals surface area contributed by atoms with Gasteiger partial charge < -0.3 is 10.2 Å². The number of hydrogen-bond donors (Lipinski definition) is 1. The van der Waals surface area contributed by atoms with Crippen molar-refractivity contribution in [1.82, 2.24) is 9.78 Å². The number of anilines is 2. The zero-order valence-corrected chi connectivity index (χ0v) is 17.8. The van der Waals surface area contributed by atoms with Crippen molar-refractivity contribution in [2.24, 2.45) is 5.92 Å². The van der Waals surface area contributed by atoms with E-state index in [0.29, 0.717) is 28.8 Å². The Balaban J connectivity index is 1.51. The Hall–Kier alpha value is -3.19. The summed E-state index contributed by atoms with van der Waals surface area (Å²) in [6.45, 7) is 3.13. The zero-order chi connectivity index (χ0) is 22.0. The average molecular weight is 441 g/mol. The molecule has 1 aliphatic heterocycles. The van der Waals surface area contributed by atoms with Gasteiger partial charge in [-0.15, -0.1) is 5.10 Å². The van der Waals surface area contributed by atoms with E-state index < -0.39 is 0 Å². The fraction of sp³-hybridized carbons (Fsp3) is 0.261. The van der Waals surface area contributed by atoms with Crippen LogP contribution in [-0.4, -0.2) is 28.8 Å². The van der Waals surface area contributed by atoms with E-state index in [9.17, 15) is 14.0 Å². The Bertz CT molecular complexity index is 1160. The van der Waals surface area contributed by atoms with Crippen LogP contribution in [0.4, 0.5) is 15.9 Å². The van der Waals surface area contributed by atoms with E-state index in [1.807, 2.05) is 24.0 Å². The van der Waals surface area contributed by atoms with Crippen molar-refractivity contribution in [2.45, 2.75) is 19.8 Å². The molecular formula is C23H22ClFN4O2. The molecule has 1 atom stereocenters. The first-order valence-electron chi connectivity index (χ1n) is 10.1. The van der Waals surface area contributed by atoms with Gasteiger partial charge in [-0.25, -0.2) is 4.39 Å². The summed E-state index contributed by atoms with van der Waals surface area (Å²) in [6, 6.07) is 14.1. The number of amides is 1. The lowest BCUT2D eigenvalue weighted by molar-refractivity contribution is -0.120. The molecule has 6 nitrogen and oxygen atoms in total. The molecule has 160 valence electrons. The van der Waals surface area contributed by atoms with Crippen molar-refractivity contribution in [3.63, 3.8) is 0 Å². The fourth-order valence-electron chi connectivity index (χ4n) is 3.65. The molecule has 31 heavy (non-hydrogen) atoms. The minimum absolute atomic E-state index is 0.0727. The predicted molar refractivity (Wildman–Crippen MR) is 120 cm³/mol. The maximum atomic E-state index is 13.2. The van der Waals surface area contributed by atoms with Crippen molar-refractivity contribution in [3.05, 3.63) is 81.4 Å². The van der Waals surface area contributed by atoms with Gasteiger partial charge in [-0.05, 0) is 67.8 Å². The number of benzene rings is 2. The lowest BCUT2D eigenvalue weighted by Gasteiger charge is -2.33. The van der Waals surface area contributed by atoms with Crippen LogP contribution in [0.5, 0.6) is 0 Å². The maximum absolute atomic E-state index is 13.2. The van der Waals surface area contributed by atoms with Gasteiger partial charge in [0.1, 0.15) is 11.6 Å². The van der Waals surface area contributed by atoms with Crippen LogP contribution in [0.1, 0.15) is 18.4 Å². The van der Waals surface area contributed by atoms with Crippen LogP contribution in [-0.2, 0) is 4.79 Å². The fourth-order valence-corrected chi connectivity index (χ4v) is 3.83. The first-order chi connectivity index (χ1) is 14.9. The van der Waals surface area contributed by atoms with Crippen molar-refractivity contribution in [3.8, 4) is 5.69 Å². The molecule has 1 aliphatic rings. The van der Waals surface area contributed by atoms with E-state index in [0.717, 1.165) is 24.9 Å². The van der Waals surface area contributed by atoms with E-state index in [2.05, 4.69) is 10.4 Å². The number of carbonyl (C=O) groups is 1. The molecule has 1 N–H and O–H groups in total. The predicted octanol–water partition coefficient (Wildman–Crippen LogP) is 4.19. The standard InChI is InChI=1S/C23H22ClFN4O2/c1-15-4-7-18(13-20(15)24)26-23(31)16-3-2-12-28(14-16)21-10-11-22(30)29(27-21)19-8-5-17(25)6-9-19/h4-11,13,16H,2-3,12,14H2,1H3,(H,26,31)/t16-/m0/s1. The highest BCUT2D eigenvalue weighted by atomic mass is 35.5. The summed E-state index contributed by atoms with van der Waals surface area (Å²) < 4.78 is 14.5. The number of aromatic nitrogens is 2. The van der Waals surface area contributed by atoms with Gasteiger partial charge in [-0.2, -0.15) is 4.68 Å². The number of rotatable bonds is 4. The van der Waals surface area contributed by atoms with Gasteiger partial charge in [0, 0.05) is 29.9 Å². The SMILES string of the molecule is Cc1ccc(NC(=O)[C@H]2CCCN(c3ccc(=O)n(-c4ccc(F)cc4)n3)C2)cc1Cl. The molecule has 4 rings (SSSR count). The second kappa shape index (κ2) is 8.89. The molecule has 8 heteroatoms. The minimum Gasteiger partial charge on any atom is -0.354 e. The van der Waals surface area contributed by atoms with Crippen LogP contribution < -0.4 is 15.8 Å². The highest BCUT2D eigenvalue weighted by molar-refractivity contribution is 6.31. The molecule has 3 aromatic rings. The van der Waals surface area contributed by atoms with Crippen LogP contribution in [0, 0.1) is 18.7 Å². The normalized spacial score (nSPS) is 16.2. The molecule has 0 aliphatic carbocycles. The van der Waals surface area contributed by atoms with Crippen LogP contribution in [0.2, 0.25) is 5.02 Å². The third kappa shape index (κ3) is 4.77. The number of aryl methyl sites for hydroxylation is 1. The molecule has 2 aromatic carbocycles. The molecule has 1 aromatic heterocycles. The number of piperidine rings is 1. The van der Waals surface area contributed by atoms with Crippen LogP contribution in [0.15, 0.2) is 59.4 Å². The molecule has 0 unspecified atom stereocenters. The summed E-state index contributed by atoms with van der Waals surface area (Å²) in [6.07, 6.45) is 1.59. The number of carbonyl (C=O) groups excluding carboxylic acids is 1. The molecule has 0 radical (unpaired) electrons. The molecule has 2 heterocycles. The Kier molecular flexibility index (Phi) is 6.04. The van der Waals surface area contributed by atoms with Gasteiger partial charge in [-0.3, -0.25) is 9.59 Å². The second-order valence-corrected chi connectivity index (χ2v) is 8.06. The minimum atomic E-state index is -0.382. The molecule has 0 bridgehead atoms. The molecule has 1 fully saturated rings. The smallest absolute Gasteiger partial charge is 0.271 e. The second-order valence-electron chi connectivity index (χ2n) is 7.66. The highest BCUT2D eigenvalue weighted by Crippen LogP contribution is 2.24. The average Bonchev–Trinajstić information content (AvgIpc) is 2.77. The van der Waals surface area contributed by atoms with Gasteiger partial charge in [0.2, 0.25) is 5.91 Å². The third-order valence-electron chi connectivity index (χ3n) is 5.41. The molecule has 1 amide bonds. The van der Waals surface area contributed by atoms with Crippen molar-refractivity contribution < 1.29 is 9.18 Å². The molecule has 0 saturated carbocycles. The zero-order valence-electron chi connectivity index (χ0n) is 17.0. The lowest BCUT2D eigenvalue weighted by atomic mass is 9.97. The number of nitrogens with one attached hydrogen (secondary N) is 1. The van der Waals surface area contributed by atoms with Crippen molar-refractivity contribution in [1.29, 1.82) is 0 Å². The Labute approximate surface area is 184 Å². The Morgan fingerprint density at radius 3 is 2.68 bits per heavy atom. The summed E-state index contributed by atoms with van der Waals surface area (Å²) in [5, 5.41) is 8.00. The topological polar surface area (TPSA) is 67.2 Å². The summed E-state index contributed by atoms with van der Waals surface area (Å²) in [7, 11) is 0. The first kappa shape index (κ1) is 21.1. The van der Waals surface area contributed by atoms with Crippen LogP contribution in [0.25, 0.3) is 5.69 Å². The third-order valence-corrected chi connectivity index (χ3v) is 5.82. The Morgan fingerprint density at radius 2 is 1.94 bits per heavy atom. The maximum Gasteiger partial charge on any atom is 0.271 e. The van der Waals surface area contributed by atoms with Crippen LogP contribution in [0.3, 0.4) is 0 Å². The summed E-state index contributed by atoms with van der Waals surface area (Å²) in [5.74, 6) is -0.0780. The number of nitrogens with zero attached hydrogens (tertiary/aromatic N) is 3. The van der Waals surface area contributed by atoms with Gasteiger partial charge in [0.25, 0.3) is 5.56 Å². The summed E-state index contributed by atoms with van der Waals surface area (Å²) in [5.41, 5.74) is 1.79. The van der Waals surface area contributed by atoms with E-state index >= 15 is 0 Å². The summed E-state index contributed by atoms with van der Waals surface area (Å²) in [4.78, 5) is 27.1. The van der Waals surface area contributed by atoms with Crippen molar-refractivity contribution in [2.75, 3.05) is 23.3 Å². The van der Waals surface area contributed by atoms with Gasteiger partial charge >= 0.3 is 0 Å². The monoisotopic (exact) mass is 440 g/mol. The largest absolute Gasteiger partial charge is 0.354 e. The van der Waals surface area contributed by atoms with Gasteiger partial charge in [0.15, 0.2) is 0 Å². The lowest BCUT2D eigenvalue weighted by Crippen LogP contribution is -2.41. The van der Waals surface area contributed by atoms with E-state index in [-0.39, 0.29) is 23.2 Å². The first-order valence-corrected chi connectivity index (χ1v) is 10.5. The highest BCUT2D eigenvalue weighted by Gasteiger charge is 2.27. The molecular weight excluding hydrogens is 419 g/mol. The Morgan fingerprint density at radius 1 is 1.16 bits per heavy atom. The van der Waals surface area contributed by atoms with Gasteiger partial charge in [-0.1, -0.05) is 17.7 Å². The van der Waals surface area contributed by atoms with Crippen molar-refractivity contribution >= 4 is 29.0 Å². The summed E-state index contributed by atoms with van der Waals surface area (Å²) >= 11 is 6.16. The van der Waals surface area contributed by atoms with Crippen LogP contribution >= 0.6 is 11.6 Å². The van der Waals surface area contributed by atoms with E-state index in [4.69, 9.17) is 11.6 Å². The number of hydrogen-bond acceptors (Lipinski definition) is 4. The molecule has 1 saturated heterocycles.